The largest absolute Gasteiger partial charge is 0.294 e. The highest BCUT2D eigenvalue weighted by molar-refractivity contribution is 6.00. The molecule has 86 valence electrons. The molecule has 0 bridgehead atoms. The van der Waals surface area contributed by atoms with Crippen LogP contribution in [-0.2, 0) is 0 Å². The maximum Gasteiger partial charge on any atom is 0.160 e. The molecule has 2 aromatic rings. The Morgan fingerprint density at radius 1 is 1.24 bits per heavy atom. The molecule has 17 heavy (non-hydrogen) atoms. The van der Waals surface area contributed by atoms with Crippen molar-refractivity contribution < 1.29 is 9.18 Å². The van der Waals surface area contributed by atoms with Crippen molar-refractivity contribution >= 4 is 5.78 Å². The van der Waals surface area contributed by atoms with Gasteiger partial charge in [-0.3, -0.25) is 9.78 Å². The molecule has 0 saturated carbocycles. The quantitative estimate of drug-likeness (QED) is 0.739. The molecule has 2 nitrogen and oxygen atoms in total. The summed E-state index contributed by atoms with van der Waals surface area (Å²) in [5.41, 5.74) is 2.73. The number of Topliss-reactive ketones (excluding diaryl/α,β-unsaturated/α-hetero) is 1. The number of aryl methyl sites for hydroxylation is 1. The fourth-order valence-electron chi connectivity index (χ4n) is 1.69. The van der Waals surface area contributed by atoms with Gasteiger partial charge in [-0.25, -0.2) is 4.39 Å². The Hall–Kier alpha value is -2.03. The average Bonchev–Trinajstić information content (AvgIpc) is 2.29. The van der Waals surface area contributed by atoms with Crippen molar-refractivity contribution in [2.75, 3.05) is 0 Å². The van der Waals surface area contributed by atoms with Crippen LogP contribution in [0.3, 0.4) is 0 Å². The second-order valence-corrected chi connectivity index (χ2v) is 3.93. The van der Waals surface area contributed by atoms with Gasteiger partial charge in [-0.1, -0.05) is 6.07 Å². The topological polar surface area (TPSA) is 30.0 Å². The van der Waals surface area contributed by atoms with Crippen molar-refractivity contribution in [3.05, 3.63) is 53.6 Å². The van der Waals surface area contributed by atoms with Crippen LogP contribution in [0.5, 0.6) is 0 Å². The van der Waals surface area contributed by atoms with Crippen molar-refractivity contribution in [3.63, 3.8) is 0 Å². The summed E-state index contributed by atoms with van der Waals surface area (Å²) in [6.45, 7) is 3.35. The number of hydrogen-bond acceptors (Lipinski definition) is 2. The Morgan fingerprint density at radius 2 is 2.00 bits per heavy atom. The monoisotopic (exact) mass is 229 g/mol. The Morgan fingerprint density at radius 3 is 2.59 bits per heavy atom. The molecule has 1 aromatic carbocycles. The van der Waals surface area contributed by atoms with E-state index in [1.165, 1.54) is 25.1 Å². The molecule has 0 saturated heterocycles. The molecule has 0 unspecified atom stereocenters. The van der Waals surface area contributed by atoms with Gasteiger partial charge < -0.3 is 0 Å². The number of rotatable bonds is 2. The van der Waals surface area contributed by atoms with Crippen LogP contribution in [0.25, 0.3) is 11.1 Å². The lowest BCUT2D eigenvalue weighted by Crippen LogP contribution is -1.97. The van der Waals surface area contributed by atoms with E-state index in [9.17, 15) is 9.18 Å². The molecule has 0 amide bonds. The van der Waals surface area contributed by atoms with E-state index in [2.05, 4.69) is 4.98 Å². The third-order valence-electron chi connectivity index (χ3n) is 2.58. The lowest BCUT2D eigenvalue weighted by molar-refractivity contribution is 0.101. The van der Waals surface area contributed by atoms with Crippen LogP contribution in [0, 0.1) is 12.7 Å². The van der Waals surface area contributed by atoms with E-state index < -0.39 is 0 Å². The second kappa shape index (κ2) is 4.45. The molecule has 1 heterocycles. The van der Waals surface area contributed by atoms with E-state index in [1.807, 2.05) is 19.1 Å². The number of pyridine rings is 1. The zero-order valence-corrected chi connectivity index (χ0v) is 9.70. The number of carbonyl (C=O) groups excluding carboxylic acids is 1. The lowest BCUT2D eigenvalue weighted by Gasteiger charge is -2.07. The molecule has 0 radical (unpaired) electrons. The molecule has 3 heteroatoms. The highest BCUT2D eigenvalue weighted by atomic mass is 19.1. The summed E-state index contributed by atoms with van der Waals surface area (Å²) in [5.74, 6) is -0.439. The second-order valence-electron chi connectivity index (χ2n) is 3.93. The number of hydrogen-bond donors (Lipinski definition) is 0. The highest BCUT2D eigenvalue weighted by Crippen LogP contribution is 2.24. The molecule has 0 aliphatic carbocycles. The van der Waals surface area contributed by atoms with Gasteiger partial charge in [-0.15, -0.1) is 0 Å². The first-order chi connectivity index (χ1) is 8.08. The molecule has 2 rings (SSSR count). The molecular weight excluding hydrogens is 217 g/mol. The minimum Gasteiger partial charge on any atom is -0.294 e. The summed E-state index contributed by atoms with van der Waals surface area (Å²) in [6, 6.07) is 7.84. The van der Waals surface area contributed by atoms with Gasteiger partial charge in [-0.2, -0.15) is 0 Å². The first-order valence-electron chi connectivity index (χ1n) is 5.31. The summed E-state index contributed by atoms with van der Waals surface area (Å²) in [4.78, 5) is 15.6. The minimum atomic E-state index is -0.356. The molecule has 0 N–H and O–H groups in total. The Bertz CT molecular complexity index is 561. The van der Waals surface area contributed by atoms with Gasteiger partial charge in [0.2, 0.25) is 0 Å². The molecule has 0 aliphatic rings. The van der Waals surface area contributed by atoms with E-state index in [-0.39, 0.29) is 11.6 Å². The predicted molar refractivity (Wildman–Crippen MR) is 64.4 cm³/mol. The summed E-state index contributed by atoms with van der Waals surface area (Å²) in [6.07, 6.45) is 1.65. The van der Waals surface area contributed by atoms with E-state index in [0.29, 0.717) is 11.1 Å². The lowest BCUT2D eigenvalue weighted by atomic mass is 9.98. The van der Waals surface area contributed by atoms with Crippen LogP contribution in [0.1, 0.15) is 23.0 Å². The minimum absolute atomic E-state index is 0.0828. The number of nitrogens with zero attached hydrogens (tertiary/aromatic N) is 1. The third-order valence-corrected chi connectivity index (χ3v) is 2.58. The Labute approximate surface area is 99.1 Å². The van der Waals surface area contributed by atoms with Crippen molar-refractivity contribution in [1.82, 2.24) is 4.98 Å². The molecule has 0 aliphatic heterocycles. The molecular formula is C14H12FNO. The van der Waals surface area contributed by atoms with Crippen molar-refractivity contribution in [2.24, 2.45) is 0 Å². The summed E-state index contributed by atoms with van der Waals surface area (Å²) >= 11 is 0. The Balaban J connectivity index is 2.60. The predicted octanol–water partition coefficient (Wildman–Crippen LogP) is 3.40. The number of benzene rings is 1. The van der Waals surface area contributed by atoms with Crippen LogP contribution in [0.4, 0.5) is 4.39 Å². The molecule has 0 spiro atoms. The van der Waals surface area contributed by atoms with Gasteiger partial charge in [0, 0.05) is 23.0 Å². The zero-order valence-electron chi connectivity index (χ0n) is 9.70. The SMILES string of the molecule is CC(=O)c1ccc(F)cc1-c1ccc(C)nc1. The average molecular weight is 229 g/mol. The normalized spacial score (nSPS) is 10.3. The van der Waals surface area contributed by atoms with E-state index in [1.54, 1.807) is 6.20 Å². The number of aromatic nitrogens is 1. The van der Waals surface area contributed by atoms with Crippen molar-refractivity contribution in [1.29, 1.82) is 0 Å². The zero-order chi connectivity index (χ0) is 12.4. The van der Waals surface area contributed by atoms with Crippen LogP contribution in [0.15, 0.2) is 36.5 Å². The number of carbonyl (C=O) groups is 1. The van der Waals surface area contributed by atoms with Gasteiger partial charge >= 0.3 is 0 Å². The maximum absolute atomic E-state index is 13.2. The molecule has 1 aromatic heterocycles. The number of halogens is 1. The van der Waals surface area contributed by atoms with E-state index >= 15 is 0 Å². The first kappa shape index (κ1) is 11.5. The smallest absolute Gasteiger partial charge is 0.160 e. The number of ketones is 1. The van der Waals surface area contributed by atoms with Crippen molar-refractivity contribution in [3.8, 4) is 11.1 Å². The van der Waals surface area contributed by atoms with Crippen molar-refractivity contribution in [2.45, 2.75) is 13.8 Å². The third kappa shape index (κ3) is 2.38. The fraction of sp³-hybridized carbons (Fsp3) is 0.143. The van der Waals surface area contributed by atoms with Gasteiger partial charge in [-0.05, 0) is 43.7 Å². The summed E-state index contributed by atoms with van der Waals surface area (Å²) < 4.78 is 13.2. The summed E-state index contributed by atoms with van der Waals surface area (Å²) in [7, 11) is 0. The van der Waals surface area contributed by atoms with E-state index in [4.69, 9.17) is 0 Å². The van der Waals surface area contributed by atoms with Gasteiger partial charge in [0.1, 0.15) is 5.82 Å². The maximum atomic E-state index is 13.2. The van der Waals surface area contributed by atoms with E-state index in [0.717, 1.165) is 11.3 Å². The van der Waals surface area contributed by atoms with Crippen LogP contribution < -0.4 is 0 Å². The Kier molecular flexibility index (Phi) is 3.00. The fourth-order valence-corrected chi connectivity index (χ4v) is 1.69. The van der Waals surface area contributed by atoms with Crippen LogP contribution in [-0.4, -0.2) is 10.8 Å². The van der Waals surface area contributed by atoms with Gasteiger partial charge in [0.05, 0.1) is 0 Å². The molecule has 0 atom stereocenters. The summed E-state index contributed by atoms with van der Waals surface area (Å²) in [5, 5.41) is 0. The highest BCUT2D eigenvalue weighted by Gasteiger charge is 2.10. The van der Waals surface area contributed by atoms with Gasteiger partial charge in [0.25, 0.3) is 0 Å². The molecule has 0 fully saturated rings. The van der Waals surface area contributed by atoms with Crippen LogP contribution >= 0.6 is 0 Å². The first-order valence-corrected chi connectivity index (χ1v) is 5.31. The van der Waals surface area contributed by atoms with Gasteiger partial charge in [0.15, 0.2) is 5.78 Å². The standard InChI is InChI=1S/C14H12FNO/c1-9-3-4-11(8-16-9)14-7-12(15)5-6-13(14)10(2)17/h3-8H,1-2H3. The van der Waals surface area contributed by atoms with Crippen LogP contribution in [0.2, 0.25) is 0 Å².